The van der Waals surface area contributed by atoms with Gasteiger partial charge in [0.05, 0.1) is 11.6 Å². The molecule has 1 saturated carbocycles. The van der Waals surface area contributed by atoms with Crippen LogP contribution >= 0.6 is 0 Å². The van der Waals surface area contributed by atoms with Gasteiger partial charge in [-0.25, -0.2) is 0 Å². The zero-order chi connectivity index (χ0) is 28.2. The molecule has 5 atom stereocenters. The molecular formula is C29H35N3O7. The monoisotopic (exact) mass is 537 g/mol. The van der Waals surface area contributed by atoms with Gasteiger partial charge in [0.25, 0.3) is 5.91 Å². The molecule has 0 aromatic heterocycles. The quantitative estimate of drug-likeness (QED) is 0.360. The van der Waals surface area contributed by atoms with E-state index in [1.54, 1.807) is 19.0 Å². The molecule has 0 radical (unpaired) electrons. The Labute approximate surface area is 226 Å². The predicted molar refractivity (Wildman–Crippen MR) is 142 cm³/mol. The zero-order valence-corrected chi connectivity index (χ0v) is 22.6. The lowest BCUT2D eigenvalue weighted by molar-refractivity contribution is -0.127. The molecule has 208 valence electrons. The summed E-state index contributed by atoms with van der Waals surface area (Å²) in [6.45, 7) is 6.02. The van der Waals surface area contributed by atoms with Crippen molar-refractivity contribution in [3.8, 4) is 5.75 Å². The van der Waals surface area contributed by atoms with Gasteiger partial charge in [-0.2, -0.15) is 0 Å². The predicted octanol–water partition coefficient (Wildman–Crippen LogP) is 1.62. The Bertz CT molecular complexity index is 1410. The van der Waals surface area contributed by atoms with Crippen molar-refractivity contribution in [2.75, 3.05) is 27.2 Å². The number of carbonyl (C=O) groups excluding carboxylic acids is 2. The second-order valence-corrected chi connectivity index (χ2v) is 11.9. The molecule has 1 spiro atoms. The molecule has 0 bridgehead atoms. The summed E-state index contributed by atoms with van der Waals surface area (Å²) in [6, 6.07) is 3.02. The molecular weight excluding hydrogens is 502 g/mol. The molecule has 10 nitrogen and oxygen atoms in total. The molecule has 5 aliphatic rings. The zero-order valence-electron chi connectivity index (χ0n) is 22.6. The number of fused-ring (bicyclic) bond motifs is 2. The lowest BCUT2D eigenvalue weighted by atomic mass is 9.58. The summed E-state index contributed by atoms with van der Waals surface area (Å²) in [6.07, 6.45) is 3.68. The number of rotatable bonds is 4. The normalized spacial score (nSPS) is 34.0. The average molecular weight is 538 g/mol. The van der Waals surface area contributed by atoms with E-state index in [9.17, 15) is 30.0 Å². The number of Topliss-reactive ketones (excluding diaryl/α,β-unsaturated/α-hetero) is 1. The van der Waals surface area contributed by atoms with Gasteiger partial charge in [0.1, 0.15) is 22.8 Å². The number of carbonyl (C=O) groups is 2. The second-order valence-electron chi connectivity index (χ2n) is 11.9. The Morgan fingerprint density at radius 2 is 1.95 bits per heavy atom. The van der Waals surface area contributed by atoms with Crippen LogP contribution in [0.2, 0.25) is 0 Å². The number of aromatic hydroxyl groups is 1. The molecule has 6 rings (SSSR count). The number of aliphatic hydroxyl groups is 3. The minimum absolute atomic E-state index is 0.0634. The number of phenols is 1. The molecule has 1 unspecified atom stereocenters. The van der Waals surface area contributed by atoms with Gasteiger partial charge in [0, 0.05) is 30.6 Å². The average Bonchev–Trinajstić information content (AvgIpc) is 3.49. The number of hydrogen-bond donors (Lipinski definition) is 5. The fraction of sp³-hybridized carbons (Fsp3) is 0.517. The van der Waals surface area contributed by atoms with E-state index in [0.29, 0.717) is 18.9 Å². The maximum Gasteiger partial charge on any atom is 0.253 e. The molecule has 1 saturated heterocycles. The number of aliphatic hydroxyl groups excluding tert-OH is 2. The van der Waals surface area contributed by atoms with Gasteiger partial charge in [0.15, 0.2) is 5.60 Å². The number of phenolic OH excluding ortho intramolecular Hbond substituents is 1. The van der Waals surface area contributed by atoms with Crippen molar-refractivity contribution < 1.29 is 34.8 Å². The summed E-state index contributed by atoms with van der Waals surface area (Å²) in [5.74, 6) is -6.15. The summed E-state index contributed by atoms with van der Waals surface area (Å²) < 4.78 is 5.70. The van der Waals surface area contributed by atoms with Crippen molar-refractivity contribution in [1.82, 2.24) is 9.80 Å². The number of hydrogen-bond acceptors (Lipinski definition) is 9. The van der Waals surface area contributed by atoms with Crippen LogP contribution in [0.25, 0.3) is 11.3 Å². The summed E-state index contributed by atoms with van der Waals surface area (Å²) in [5, 5.41) is 44.8. The number of epoxide rings is 1. The molecule has 6 N–H and O–H groups in total. The lowest BCUT2D eigenvalue weighted by Crippen LogP contribution is -2.60. The highest BCUT2D eigenvalue weighted by atomic mass is 16.8. The van der Waals surface area contributed by atoms with Gasteiger partial charge < -0.3 is 30.9 Å². The third-order valence-corrected chi connectivity index (χ3v) is 9.43. The topological polar surface area (TPSA) is 160 Å². The Hall–Kier alpha value is -3.18. The van der Waals surface area contributed by atoms with E-state index >= 15 is 0 Å². The highest BCUT2D eigenvalue weighted by Crippen LogP contribution is 2.67. The molecule has 1 aromatic carbocycles. The summed E-state index contributed by atoms with van der Waals surface area (Å²) in [7, 11) is 3.41. The fourth-order valence-electron chi connectivity index (χ4n) is 7.55. The highest BCUT2D eigenvalue weighted by molar-refractivity contribution is 6.14. The molecule has 1 aromatic rings. The van der Waals surface area contributed by atoms with Gasteiger partial charge in [-0.15, -0.1) is 0 Å². The van der Waals surface area contributed by atoms with Crippen LogP contribution in [0.4, 0.5) is 0 Å². The summed E-state index contributed by atoms with van der Waals surface area (Å²) in [5.41, 5.74) is 6.23. The van der Waals surface area contributed by atoms with Crippen LogP contribution < -0.4 is 5.73 Å². The van der Waals surface area contributed by atoms with Gasteiger partial charge in [-0.1, -0.05) is 12.1 Å². The van der Waals surface area contributed by atoms with Crippen molar-refractivity contribution in [1.29, 1.82) is 0 Å². The van der Waals surface area contributed by atoms with Gasteiger partial charge in [-0.3, -0.25) is 19.4 Å². The van der Waals surface area contributed by atoms with Crippen molar-refractivity contribution in [3.63, 3.8) is 0 Å². The van der Waals surface area contributed by atoms with Crippen molar-refractivity contribution in [3.05, 3.63) is 51.8 Å². The number of nitrogens with two attached hydrogens (primary N) is 1. The number of likely N-dealkylation sites (N-methyl/N-ethyl adjacent to an activating group) is 1. The molecule has 2 aliphatic heterocycles. The largest absolute Gasteiger partial charge is 0.510 e. The van der Waals surface area contributed by atoms with Crippen LogP contribution in [0.5, 0.6) is 5.75 Å². The van der Waals surface area contributed by atoms with Gasteiger partial charge in [0.2, 0.25) is 11.6 Å². The smallest absolute Gasteiger partial charge is 0.253 e. The molecule has 2 heterocycles. The van der Waals surface area contributed by atoms with E-state index in [4.69, 9.17) is 10.5 Å². The molecule has 2 fully saturated rings. The van der Waals surface area contributed by atoms with Crippen molar-refractivity contribution in [2.45, 2.75) is 56.6 Å². The molecule has 1 amide bonds. The van der Waals surface area contributed by atoms with Crippen molar-refractivity contribution in [2.24, 2.45) is 17.6 Å². The minimum atomic E-state index is -2.38. The number of ether oxygens (including phenoxy) is 1. The second kappa shape index (κ2) is 8.41. The summed E-state index contributed by atoms with van der Waals surface area (Å²) in [4.78, 5) is 30.5. The SMILES string of the molecule is CC(C)N1CC=C(c2ccc(O)c3c2C[C@H]2C[C@H]4[C@@H](N(C)C)C(O)=C(C(N)=O)C5(O)O[C@]45C(=O)C2=C3O)CC1. The number of primary amides is 1. The lowest BCUT2D eigenvalue weighted by Gasteiger charge is -2.46. The van der Waals surface area contributed by atoms with E-state index in [-0.39, 0.29) is 22.6 Å². The van der Waals surface area contributed by atoms with E-state index < -0.39 is 52.3 Å². The first-order chi connectivity index (χ1) is 18.3. The molecule has 10 heteroatoms. The maximum absolute atomic E-state index is 14.1. The van der Waals surface area contributed by atoms with Crippen LogP contribution in [-0.2, 0) is 20.7 Å². The highest BCUT2D eigenvalue weighted by Gasteiger charge is 2.85. The van der Waals surface area contributed by atoms with E-state index in [1.165, 1.54) is 6.07 Å². The number of nitrogens with zero attached hydrogens (tertiary/aromatic N) is 2. The molecule has 39 heavy (non-hydrogen) atoms. The Balaban J connectivity index is 1.48. The molecule has 3 aliphatic carbocycles. The van der Waals surface area contributed by atoms with Gasteiger partial charge in [-0.05, 0) is 75.9 Å². The first-order valence-electron chi connectivity index (χ1n) is 13.4. The first kappa shape index (κ1) is 26.1. The minimum Gasteiger partial charge on any atom is -0.510 e. The van der Waals surface area contributed by atoms with Gasteiger partial charge >= 0.3 is 0 Å². The maximum atomic E-state index is 14.1. The number of ketones is 1. The van der Waals surface area contributed by atoms with Crippen LogP contribution in [0.3, 0.4) is 0 Å². The van der Waals surface area contributed by atoms with Crippen LogP contribution in [-0.4, -0.2) is 92.6 Å². The Morgan fingerprint density at radius 1 is 1.23 bits per heavy atom. The Morgan fingerprint density at radius 3 is 2.54 bits per heavy atom. The van der Waals surface area contributed by atoms with Crippen LogP contribution in [0.15, 0.2) is 35.1 Å². The van der Waals surface area contributed by atoms with Crippen molar-refractivity contribution >= 4 is 23.0 Å². The summed E-state index contributed by atoms with van der Waals surface area (Å²) >= 11 is 0. The van der Waals surface area contributed by atoms with E-state index in [1.807, 2.05) is 6.07 Å². The van der Waals surface area contributed by atoms with Crippen LogP contribution in [0.1, 0.15) is 43.4 Å². The third kappa shape index (κ3) is 3.29. The number of benzene rings is 1. The fourth-order valence-corrected chi connectivity index (χ4v) is 7.55. The first-order valence-corrected chi connectivity index (χ1v) is 13.4. The third-order valence-electron chi connectivity index (χ3n) is 9.43. The Kier molecular flexibility index (Phi) is 5.62. The van der Waals surface area contributed by atoms with Crippen LogP contribution in [0, 0.1) is 11.8 Å². The van der Waals surface area contributed by atoms with E-state index in [0.717, 1.165) is 36.2 Å². The van der Waals surface area contributed by atoms with E-state index in [2.05, 4.69) is 24.8 Å². The standard InChI is InChI=1S/C29H35N3O7/c1-13(2)32-9-7-14(8-10-32)16-5-6-19(33)21-17(16)11-15-12-18-23(31(3)4)25(35)22(27(30)37)29(38)28(18,39-29)26(36)20(15)24(21)34/h5-7,13,15,18,23,33-35,38H,8-12H2,1-4H3,(H2,30,37)/t15-,18-,23+,28-,29?/m0/s1. The number of amides is 1.